The fourth-order valence-corrected chi connectivity index (χ4v) is 2.36. The number of aromatic nitrogens is 1. The van der Waals surface area contributed by atoms with Gasteiger partial charge in [0.1, 0.15) is 0 Å². The maximum atomic E-state index is 12.5. The van der Waals surface area contributed by atoms with Crippen molar-refractivity contribution in [1.82, 2.24) is 10.3 Å². The molecule has 0 atom stereocenters. The lowest BCUT2D eigenvalue weighted by Gasteiger charge is -2.19. The molecule has 1 amide bonds. The van der Waals surface area contributed by atoms with E-state index in [9.17, 15) is 4.79 Å². The number of amides is 1. The van der Waals surface area contributed by atoms with Crippen LogP contribution < -0.4 is 5.32 Å². The largest absolute Gasteiger partial charge is 0.341 e. The highest BCUT2D eigenvalue weighted by Crippen LogP contribution is 2.22. The van der Waals surface area contributed by atoms with Crippen molar-refractivity contribution in [3.8, 4) is 0 Å². The summed E-state index contributed by atoms with van der Waals surface area (Å²) in [4.78, 5) is 16.4. The summed E-state index contributed by atoms with van der Waals surface area (Å²) in [5.41, 5.74) is 2.65. The molecule has 108 valence electrons. The Morgan fingerprint density at radius 2 is 1.41 bits per heavy atom. The summed E-state index contributed by atoms with van der Waals surface area (Å²) >= 11 is 0. The van der Waals surface area contributed by atoms with E-state index in [1.54, 1.807) is 24.5 Å². The van der Waals surface area contributed by atoms with Crippen LogP contribution in [0.3, 0.4) is 0 Å². The van der Waals surface area contributed by atoms with Crippen LogP contribution in [0.15, 0.2) is 85.2 Å². The smallest absolute Gasteiger partial charge is 0.253 e. The van der Waals surface area contributed by atoms with E-state index in [0.29, 0.717) is 5.56 Å². The van der Waals surface area contributed by atoms with E-state index < -0.39 is 0 Å². The molecule has 0 unspecified atom stereocenters. The van der Waals surface area contributed by atoms with Gasteiger partial charge in [-0.15, -0.1) is 0 Å². The summed E-state index contributed by atoms with van der Waals surface area (Å²) in [6.45, 7) is 0. The van der Waals surface area contributed by atoms with Gasteiger partial charge in [0.15, 0.2) is 0 Å². The number of rotatable bonds is 4. The zero-order valence-corrected chi connectivity index (χ0v) is 12.0. The molecule has 3 heteroatoms. The first-order chi connectivity index (χ1) is 10.8. The van der Waals surface area contributed by atoms with Crippen LogP contribution in [0.5, 0.6) is 0 Å². The lowest BCUT2D eigenvalue weighted by Crippen LogP contribution is -2.29. The minimum atomic E-state index is -0.185. The molecule has 3 nitrogen and oxygen atoms in total. The standard InChI is InChI=1S/C19H16N2O/c22-19(17-12-7-13-20-14-17)21-18(15-8-3-1-4-9-15)16-10-5-2-6-11-16/h1-14,18H,(H,21,22). The molecule has 0 radical (unpaired) electrons. The Kier molecular flexibility index (Phi) is 4.25. The minimum absolute atomic E-state index is 0.134. The third-order valence-corrected chi connectivity index (χ3v) is 3.46. The normalized spacial score (nSPS) is 10.4. The second-order valence-electron chi connectivity index (χ2n) is 4.97. The molecular weight excluding hydrogens is 272 g/mol. The second-order valence-corrected chi connectivity index (χ2v) is 4.97. The fourth-order valence-electron chi connectivity index (χ4n) is 2.36. The van der Waals surface area contributed by atoms with Crippen molar-refractivity contribution in [3.63, 3.8) is 0 Å². The Labute approximate surface area is 129 Å². The third-order valence-electron chi connectivity index (χ3n) is 3.46. The van der Waals surface area contributed by atoms with Gasteiger partial charge in [-0.3, -0.25) is 9.78 Å². The van der Waals surface area contributed by atoms with Crippen LogP contribution in [0.1, 0.15) is 27.5 Å². The quantitative estimate of drug-likeness (QED) is 0.797. The van der Waals surface area contributed by atoms with E-state index in [0.717, 1.165) is 11.1 Å². The third kappa shape index (κ3) is 3.20. The van der Waals surface area contributed by atoms with Crippen molar-refractivity contribution in [3.05, 3.63) is 102 Å². The molecule has 22 heavy (non-hydrogen) atoms. The maximum absolute atomic E-state index is 12.5. The summed E-state index contributed by atoms with van der Waals surface area (Å²) in [5.74, 6) is -0.134. The molecule has 1 aromatic heterocycles. The van der Waals surface area contributed by atoms with E-state index in [4.69, 9.17) is 0 Å². The highest BCUT2D eigenvalue weighted by molar-refractivity contribution is 5.94. The number of nitrogens with one attached hydrogen (secondary N) is 1. The van der Waals surface area contributed by atoms with Crippen LogP contribution in [-0.2, 0) is 0 Å². The molecule has 0 bridgehead atoms. The van der Waals surface area contributed by atoms with Gasteiger partial charge in [-0.1, -0.05) is 60.7 Å². The summed E-state index contributed by atoms with van der Waals surface area (Å²) in [6.07, 6.45) is 3.23. The van der Waals surface area contributed by atoms with Crippen molar-refractivity contribution in [2.75, 3.05) is 0 Å². The SMILES string of the molecule is O=C(NC(c1ccccc1)c1ccccc1)c1cccnc1. The number of benzene rings is 2. The minimum Gasteiger partial charge on any atom is -0.341 e. The van der Waals surface area contributed by atoms with Gasteiger partial charge in [-0.25, -0.2) is 0 Å². The lowest BCUT2D eigenvalue weighted by molar-refractivity contribution is 0.0942. The molecule has 3 rings (SSSR count). The van der Waals surface area contributed by atoms with Crippen molar-refractivity contribution >= 4 is 5.91 Å². The molecule has 0 saturated carbocycles. The maximum Gasteiger partial charge on any atom is 0.253 e. The van der Waals surface area contributed by atoms with E-state index in [1.807, 2.05) is 60.7 Å². The van der Waals surface area contributed by atoms with Crippen molar-refractivity contribution in [1.29, 1.82) is 0 Å². The van der Waals surface area contributed by atoms with Gasteiger partial charge in [0.05, 0.1) is 11.6 Å². The van der Waals surface area contributed by atoms with Gasteiger partial charge >= 0.3 is 0 Å². The number of carbonyl (C=O) groups is 1. The number of hydrogen-bond acceptors (Lipinski definition) is 2. The monoisotopic (exact) mass is 288 g/mol. The molecule has 0 saturated heterocycles. The van der Waals surface area contributed by atoms with Gasteiger partial charge in [-0.2, -0.15) is 0 Å². The van der Waals surface area contributed by atoms with Crippen LogP contribution in [0.4, 0.5) is 0 Å². The van der Waals surface area contributed by atoms with Crippen LogP contribution >= 0.6 is 0 Å². The molecule has 0 aliphatic heterocycles. The summed E-state index contributed by atoms with van der Waals surface area (Å²) in [7, 11) is 0. The first-order valence-corrected chi connectivity index (χ1v) is 7.15. The average Bonchev–Trinajstić information content (AvgIpc) is 2.62. The average molecular weight is 288 g/mol. The van der Waals surface area contributed by atoms with Crippen LogP contribution in [-0.4, -0.2) is 10.9 Å². The van der Waals surface area contributed by atoms with Gasteiger partial charge < -0.3 is 5.32 Å². The predicted molar refractivity (Wildman–Crippen MR) is 86.4 cm³/mol. The van der Waals surface area contributed by atoms with Crippen molar-refractivity contribution in [2.24, 2.45) is 0 Å². The Hall–Kier alpha value is -2.94. The van der Waals surface area contributed by atoms with E-state index in [2.05, 4.69) is 10.3 Å². The summed E-state index contributed by atoms with van der Waals surface area (Å²) < 4.78 is 0. The van der Waals surface area contributed by atoms with Gasteiger partial charge in [0.25, 0.3) is 5.91 Å². The predicted octanol–water partition coefficient (Wildman–Crippen LogP) is 3.60. The molecule has 0 aliphatic carbocycles. The molecule has 0 spiro atoms. The Balaban J connectivity index is 1.91. The van der Waals surface area contributed by atoms with Crippen LogP contribution in [0.25, 0.3) is 0 Å². The molecule has 1 heterocycles. The van der Waals surface area contributed by atoms with Gasteiger partial charge in [-0.05, 0) is 23.3 Å². The van der Waals surface area contributed by atoms with Gasteiger partial charge in [0.2, 0.25) is 0 Å². The fraction of sp³-hybridized carbons (Fsp3) is 0.0526. The molecule has 3 aromatic rings. The molecular formula is C19H16N2O. The second kappa shape index (κ2) is 6.68. The first-order valence-electron chi connectivity index (χ1n) is 7.15. The van der Waals surface area contributed by atoms with Crippen LogP contribution in [0, 0.1) is 0 Å². The number of hydrogen-bond donors (Lipinski definition) is 1. The first kappa shape index (κ1) is 14.0. The number of nitrogens with zero attached hydrogens (tertiary/aromatic N) is 1. The Morgan fingerprint density at radius 1 is 0.818 bits per heavy atom. The molecule has 0 aliphatic rings. The van der Waals surface area contributed by atoms with Crippen LogP contribution in [0.2, 0.25) is 0 Å². The highest BCUT2D eigenvalue weighted by Gasteiger charge is 2.17. The Morgan fingerprint density at radius 3 is 1.91 bits per heavy atom. The topological polar surface area (TPSA) is 42.0 Å². The molecule has 2 aromatic carbocycles. The van der Waals surface area contributed by atoms with Gasteiger partial charge in [0, 0.05) is 12.4 Å². The number of pyridine rings is 1. The number of carbonyl (C=O) groups excluding carboxylic acids is 1. The van der Waals surface area contributed by atoms with E-state index in [1.165, 1.54) is 0 Å². The van der Waals surface area contributed by atoms with Crippen molar-refractivity contribution in [2.45, 2.75) is 6.04 Å². The summed E-state index contributed by atoms with van der Waals surface area (Å²) in [6, 6.07) is 23.2. The molecule has 0 fully saturated rings. The van der Waals surface area contributed by atoms with Crippen molar-refractivity contribution < 1.29 is 4.79 Å². The zero-order valence-electron chi connectivity index (χ0n) is 12.0. The lowest BCUT2D eigenvalue weighted by atomic mass is 9.98. The summed E-state index contributed by atoms with van der Waals surface area (Å²) in [5, 5.41) is 3.09. The Bertz CT molecular complexity index is 688. The van der Waals surface area contributed by atoms with E-state index in [-0.39, 0.29) is 11.9 Å². The highest BCUT2D eigenvalue weighted by atomic mass is 16.1. The van der Waals surface area contributed by atoms with E-state index >= 15 is 0 Å². The molecule has 1 N–H and O–H groups in total. The zero-order chi connectivity index (χ0) is 15.2.